The average molecular weight is 389 g/mol. The number of hydrogen-bond donors (Lipinski definition) is 2. The van der Waals surface area contributed by atoms with Gasteiger partial charge in [0.05, 0.1) is 23.2 Å². The van der Waals surface area contributed by atoms with E-state index in [1.54, 1.807) is 42.5 Å². The average Bonchev–Trinajstić information content (AvgIpc) is 2.60. The van der Waals surface area contributed by atoms with Crippen LogP contribution in [0.3, 0.4) is 0 Å². The first kappa shape index (κ1) is 20.4. The van der Waals surface area contributed by atoms with E-state index in [1.165, 1.54) is 13.1 Å². The van der Waals surface area contributed by atoms with Crippen LogP contribution in [-0.4, -0.2) is 39.6 Å². The van der Waals surface area contributed by atoms with Gasteiger partial charge in [-0.2, -0.15) is 0 Å². The molecule has 0 fully saturated rings. The number of para-hydroxylation sites is 1. The van der Waals surface area contributed by atoms with Gasteiger partial charge in [-0.3, -0.25) is 13.9 Å². The summed E-state index contributed by atoms with van der Waals surface area (Å²) in [5.74, 6) is -0.727. The van der Waals surface area contributed by atoms with Gasteiger partial charge in [0.2, 0.25) is 10.0 Å². The number of benzene rings is 2. The van der Waals surface area contributed by atoms with Gasteiger partial charge >= 0.3 is 0 Å². The molecule has 0 bridgehead atoms. The van der Waals surface area contributed by atoms with Gasteiger partial charge in [0.15, 0.2) is 0 Å². The quantitative estimate of drug-likeness (QED) is 0.793. The summed E-state index contributed by atoms with van der Waals surface area (Å²) in [5, 5.41) is 5.51. The number of rotatable bonds is 6. The van der Waals surface area contributed by atoms with Crippen molar-refractivity contribution in [3.63, 3.8) is 0 Å². The minimum Gasteiger partial charge on any atom is -0.350 e. The van der Waals surface area contributed by atoms with E-state index in [9.17, 15) is 18.0 Å². The highest BCUT2D eigenvalue weighted by Crippen LogP contribution is 2.20. The van der Waals surface area contributed by atoms with E-state index in [1.807, 2.05) is 13.8 Å². The first-order chi connectivity index (χ1) is 12.6. The van der Waals surface area contributed by atoms with Crippen molar-refractivity contribution in [3.8, 4) is 0 Å². The number of amides is 2. The van der Waals surface area contributed by atoms with Crippen molar-refractivity contribution in [2.24, 2.45) is 0 Å². The zero-order chi connectivity index (χ0) is 20.2. The van der Waals surface area contributed by atoms with Crippen LogP contribution < -0.4 is 14.9 Å². The molecule has 2 aromatic rings. The Labute approximate surface area is 159 Å². The fourth-order valence-corrected chi connectivity index (χ4v) is 2.86. The van der Waals surface area contributed by atoms with E-state index < -0.39 is 15.9 Å². The van der Waals surface area contributed by atoms with E-state index >= 15 is 0 Å². The minimum atomic E-state index is -3.44. The van der Waals surface area contributed by atoms with Crippen LogP contribution in [0.5, 0.6) is 0 Å². The molecule has 8 heteroatoms. The monoisotopic (exact) mass is 389 g/mol. The molecule has 2 aromatic carbocycles. The molecule has 2 amide bonds. The molecule has 0 saturated carbocycles. The number of sulfonamides is 1. The molecule has 0 aromatic heterocycles. The molecule has 0 saturated heterocycles. The fourth-order valence-electron chi connectivity index (χ4n) is 2.36. The second-order valence-electron chi connectivity index (χ2n) is 6.41. The Kier molecular flexibility index (Phi) is 6.22. The molecule has 2 N–H and O–H groups in total. The zero-order valence-corrected chi connectivity index (χ0v) is 16.5. The van der Waals surface area contributed by atoms with E-state index in [2.05, 4.69) is 10.6 Å². The van der Waals surface area contributed by atoms with Crippen LogP contribution in [0, 0.1) is 0 Å². The molecular weight excluding hydrogens is 366 g/mol. The first-order valence-electron chi connectivity index (χ1n) is 8.35. The lowest BCUT2D eigenvalue weighted by Gasteiger charge is -2.17. The predicted octanol–water partition coefficient (Wildman–Crippen LogP) is 2.47. The molecule has 0 atom stereocenters. The molecule has 0 aliphatic heterocycles. The maximum Gasteiger partial charge on any atom is 0.255 e. The van der Waals surface area contributed by atoms with E-state index in [0.29, 0.717) is 16.9 Å². The molecule has 7 nitrogen and oxygen atoms in total. The first-order valence-corrected chi connectivity index (χ1v) is 10.2. The summed E-state index contributed by atoms with van der Waals surface area (Å²) in [4.78, 5) is 24.9. The summed E-state index contributed by atoms with van der Waals surface area (Å²) in [7, 11) is -2.02. The van der Waals surface area contributed by atoms with Crippen LogP contribution >= 0.6 is 0 Å². The molecule has 0 heterocycles. The van der Waals surface area contributed by atoms with E-state index in [0.717, 1.165) is 10.6 Å². The molecule has 2 rings (SSSR count). The normalized spacial score (nSPS) is 11.1. The Bertz CT molecular complexity index is 955. The maximum atomic E-state index is 12.6. The van der Waals surface area contributed by atoms with Gasteiger partial charge in [0.1, 0.15) is 0 Å². The third-order valence-corrected chi connectivity index (χ3v) is 5.01. The van der Waals surface area contributed by atoms with Crippen LogP contribution in [0.25, 0.3) is 0 Å². The number of hydrogen-bond acceptors (Lipinski definition) is 4. The Hall–Kier alpha value is -2.87. The van der Waals surface area contributed by atoms with Crippen molar-refractivity contribution in [3.05, 3.63) is 59.7 Å². The van der Waals surface area contributed by atoms with Crippen LogP contribution in [-0.2, 0) is 10.0 Å². The largest absolute Gasteiger partial charge is 0.350 e. The summed E-state index contributed by atoms with van der Waals surface area (Å²) in [6.07, 6.45) is 1.09. The topological polar surface area (TPSA) is 95.6 Å². The van der Waals surface area contributed by atoms with Crippen LogP contribution in [0.4, 0.5) is 11.4 Å². The van der Waals surface area contributed by atoms with E-state index in [-0.39, 0.29) is 17.5 Å². The third kappa shape index (κ3) is 5.30. The zero-order valence-electron chi connectivity index (χ0n) is 15.7. The minimum absolute atomic E-state index is 0.0375. The van der Waals surface area contributed by atoms with Crippen LogP contribution in [0.15, 0.2) is 48.5 Å². The highest BCUT2D eigenvalue weighted by Gasteiger charge is 2.17. The fraction of sp³-hybridized carbons (Fsp3) is 0.263. The Balaban J connectivity index is 2.28. The van der Waals surface area contributed by atoms with Crippen molar-refractivity contribution in [2.45, 2.75) is 19.9 Å². The van der Waals surface area contributed by atoms with Crippen molar-refractivity contribution in [1.82, 2.24) is 5.32 Å². The van der Waals surface area contributed by atoms with Gasteiger partial charge in [0, 0.05) is 18.7 Å². The Morgan fingerprint density at radius 3 is 2.30 bits per heavy atom. The highest BCUT2D eigenvalue weighted by atomic mass is 32.2. The smallest absolute Gasteiger partial charge is 0.255 e. The van der Waals surface area contributed by atoms with Crippen molar-refractivity contribution < 1.29 is 18.0 Å². The van der Waals surface area contributed by atoms with Gasteiger partial charge in [0.25, 0.3) is 11.8 Å². The van der Waals surface area contributed by atoms with Gasteiger partial charge in [-0.15, -0.1) is 0 Å². The molecule has 0 aliphatic rings. The third-order valence-electron chi connectivity index (χ3n) is 3.81. The summed E-state index contributed by atoms with van der Waals surface area (Å²) < 4.78 is 24.5. The number of carbonyl (C=O) groups is 2. The predicted molar refractivity (Wildman–Crippen MR) is 107 cm³/mol. The van der Waals surface area contributed by atoms with Crippen molar-refractivity contribution in [2.75, 3.05) is 22.9 Å². The summed E-state index contributed by atoms with van der Waals surface area (Å²) in [6.45, 7) is 3.70. The van der Waals surface area contributed by atoms with E-state index in [4.69, 9.17) is 0 Å². The van der Waals surface area contributed by atoms with Gasteiger partial charge in [-0.1, -0.05) is 18.2 Å². The number of anilines is 2. The van der Waals surface area contributed by atoms with Crippen molar-refractivity contribution in [1.29, 1.82) is 0 Å². The number of nitrogens with zero attached hydrogens (tertiary/aromatic N) is 1. The SMILES string of the molecule is CC(C)NC(=O)c1ccccc1NC(=O)c1cccc(N(C)S(C)(=O)=O)c1. The number of nitrogens with one attached hydrogen (secondary N) is 2. The molecule has 0 unspecified atom stereocenters. The summed E-state index contributed by atoms with van der Waals surface area (Å²) >= 11 is 0. The van der Waals surface area contributed by atoms with Crippen LogP contribution in [0.2, 0.25) is 0 Å². The van der Waals surface area contributed by atoms with Gasteiger partial charge in [-0.25, -0.2) is 8.42 Å². The molecule has 27 heavy (non-hydrogen) atoms. The molecule has 0 radical (unpaired) electrons. The second-order valence-corrected chi connectivity index (χ2v) is 8.42. The van der Waals surface area contributed by atoms with Gasteiger partial charge < -0.3 is 10.6 Å². The molecule has 0 aliphatic carbocycles. The molecule has 0 spiro atoms. The lowest BCUT2D eigenvalue weighted by atomic mass is 10.1. The maximum absolute atomic E-state index is 12.6. The second kappa shape index (κ2) is 8.22. The lowest BCUT2D eigenvalue weighted by molar-refractivity contribution is 0.0944. The van der Waals surface area contributed by atoms with Crippen LogP contribution in [0.1, 0.15) is 34.6 Å². The lowest BCUT2D eigenvalue weighted by Crippen LogP contribution is -2.31. The Morgan fingerprint density at radius 2 is 1.67 bits per heavy atom. The summed E-state index contributed by atoms with van der Waals surface area (Å²) in [5.41, 5.74) is 1.38. The molecule has 144 valence electrons. The highest BCUT2D eigenvalue weighted by molar-refractivity contribution is 7.92. The molecular formula is C19H23N3O4S. The standard InChI is InChI=1S/C19H23N3O4S/c1-13(2)20-19(24)16-10-5-6-11-17(16)21-18(23)14-8-7-9-15(12-14)22(3)27(4,25)26/h5-13H,1-4H3,(H,20,24)(H,21,23). The number of carbonyl (C=O) groups excluding carboxylic acids is 2. The van der Waals surface area contributed by atoms with Gasteiger partial charge in [-0.05, 0) is 44.2 Å². The summed E-state index contributed by atoms with van der Waals surface area (Å²) in [6, 6.07) is 12.9. The van der Waals surface area contributed by atoms with Crippen molar-refractivity contribution >= 4 is 33.2 Å². The Morgan fingerprint density at radius 1 is 1.00 bits per heavy atom.